The first-order chi connectivity index (χ1) is 7.29. The molecule has 1 fully saturated rings. The molecule has 0 aliphatic carbocycles. The summed E-state index contributed by atoms with van der Waals surface area (Å²) in [5.74, 6) is 0.356. The first-order valence-electron chi connectivity index (χ1n) is 5.86. The third kappa shape index (κ3) is 5.82. The molecule has 1 heterocycles. The van der Waals surface area contributed by atoms with Gasteiger partial charge in [0.15, 0.2) is 0 Å². The quantitative estimate of drug-likeness (QED) is 0.765. The Labute approximate surface area is 98.9 Å². The monoisotopic (exact) mass is 249 g/mol. The van der Waals surface area contributed by atoms with Crippen molar-refractivity contribution < 1.29 is 12.6 Å². The molecular weight excluding hydrogens is 226 g/mol. The summed E-state index contributed by atoms with van der Waals surface area (Å²) in [6.07, 6.45) is 2.03. The zero-order valence-electron chi connectivity index (χ0n) is 10.5. The van der Waals surface area contributed by atoms with Crippen LogP contribution in [0.5, 0.6) is 0 Å². The minimum Gasteiger partial charge on any atom is -0.316 e. The Morgan fingerprint density at radius 2 is 2.06 bits per heavy atom. The maximum Gasteiger partial charge on any atom is 0.267 e. The van der Waals surface area contributed by atoms with Gasteiger partial charge in [0.2, 0.25) is 0 Å². The highest BCUT2D eigenvalue weighted by molar-refractivity contribution is 7.86. The zero-order valence-corrected chi connectivity index (χ0v) is 11.3. The fourth-order valence-electron chi connectivity index (χ4n) is 1.67. The van der Waals surface area contributed by atoms with E-state index in [0.29, 0.717) is 0 Å². The third-order valence-corrected chi connectivity index (χ3v) is 3.87. The number of hydrogen-bond acceptors (Lipinski definition) is 4. The fraction of sp³-hybridized carbons (Fsp3) is 1.00. The molecule has 0 aromatic carbocycles. The standard InChI is InChI=1S/C11H23NO3S/c1-11(2,3)9-15-16(13,14)8-10-5-4-6-12-7-10/h10,12H,4-9H2,1-3H3. The molecule has 0 spiro atoms. The Hall–Kier alpha value is -0.130. The van der Waals surface area contributed by atoms with Crippen molar-refractivity contribution in [2.24, 2.45) is 11.3 Å². The Morgan fingerprint density at radius 1 is 1.38 bits per heavy atom. The molecule has 0 aromatic rings. The van der Waals surface area contributed by atoms with Crippen molar-refractivity contribution in [1.82, 2.24) is 5.32 Å². The fourth-order valence-corrected chi connectivity index (χ4v) is 3.16. The smallest absolute Gasteiger partial charge is 0.267 e. The van der Waals surface area contributed by atoms with E-state index in [1.54, 1.807) is 0 Å². The molecular formula is C11H23NO3S. The van der Waals surface area contributed by atoms with E-state index in [-0.39, 0.29) is 23.7 Å². The van der Waals surface area contributed by atoms with Crippen LogP contribution in [0.1, 0.15) is 33.6 Å². The number of nitrogens with one attached hydrogen (secondary N) is 1. The summed E-state index contributed by atoms with van der Waals surface area (Å²) in [7, 11) is -3.35. The summed E-state index contributed by atoms with van der Waals surface area (Å²) in [6.45, 7) is 7.94. The lowest BCUT2D eigenvalue weighted by Gasteiger charge is -2.23. The lowest BCUT2D eigenvalue weighted by atomic mass is 9.99. The van der Waals surface area contributed by atoms with Crippen molar-refractivity contribution >= 4 is 10.1 Å². The molecule has 5 heteroatoms. The van der Waals surface area contributed by atoms with E-state index in [0.717, 1.165) is 25.9 Å². The summed E-state index contributed by atoms with van der Waals surface area (Å²) in [4.78, 5) is 0. The van der Waals surface area contributed by atoms with Gasteiger partial charge in [0.25, 0.3) is 10.1 Å². The Bertz CT molecular complexity index is 300. The van der Waals surface area contributed by atoms with Gasteiger partial charge < -0.3 is 5.32 Å². The van der Waals surface area contributed by atoms with Gasteiger partial charge in [0.1, 0.15) is 0 Å². The molecule has 1 aliphatic rings. The summed E-state index contributed by atoms with van der Waals surface area (Å²) < 4.78 is 28.4. The van der Waals surface area contributed by atoms with Crippen molar-refractivity contribution in [3.63, 3.8) is 0 Å². The first-order valence-corrected chi connectivity index (χ1v) is 7.44. The molecule has 0 amide bonds. The van der Waals surface area contributed by atoms with Crippen molar-refractivity contribution in [2.75, 3.05) is 25.4 Å². The summed E-state index contributed by atoms with van der Waals surface area (Å²) in [5.41, 5.74) is -0.113. The van der Waals surface area contributed by atoms with Crippen LogP contribution in [-0.4, -0.2) is 33.9 Å². The second kappa shape index (κ2) is 5.47. The molecule has 0 radical (unpaired) electrons. The summed E-state index contributed by atoms with van der Waals surface area (Å²) in [5, 5.41) is 3.21. The molecule has 1 aliphatic heterocycles. The Kier molecular flexibility index (Phi) is 4.76. The molecule has 4 nitrogen and oxygen atoms in total. The van der Waals surface area contributed by atoms with Gasteiger partial charge in [-0.3, -0.25) is 4.18 Å². The van der Waals surface area contributed by atoms with Crippen LogP contribution in [0.25, 0.3) is 0 Å². The van der Waals surface area contributed by atoms with Crippen molar-refractivity contribution in [3.8, 4) is 0 Å². The largest absolute Gasteiger partial charge is 0.316 e. The molecule has 1 unspecified atom stereocenters. The second-order valence-corrected chi connectivity index (χ2v) is 7.44. The SMILES string of the molecule is CC(C)(C)COS(=O)(=O)CC1CCCNC1. The predicted molar refractivity (Wildman–Crippen MR) is 64.8 cm³/mol. The lowest BCUT2D eigenvalue weighted by molar-refractivity contribution is 0.201. The summed E-state index contributed by atoms with van der Waals surface area (Å²) in [6, 6.07) is 0. The second-order valence-electron chi connectivity index (χ2n) is 5.76. The normalized spacial score (nSPS) is 23.3. The minimum atomic E-state index is -3.35. The highest BCUT2D eigenvalue weighted by Crippen LogP contribution is 2.17. The maximum atomic E-state index is 11.7. The molecule has 0 bridgehead atoms. The lowest BCUT2D eigenvalue weighted by Crippen LogP contribution is -2.34. The molecule has 1 rings (SSSR count). The van der Waals surface area contributed by atoms with Crippen LogP contribution in [0.3, 0.4) is 0 Å². The van der Waals surface area contributed by atoms with Crippen molar-refractivity contribution in [3.05, 3.63) is 0 Å². The van der Waals surface area contributed by atoms with Crippen molar-refractivity contribution in [2.45, 2.75) is 33.6 Å². The van der Waals surface area contributed by atoms with Gasteiger partial charge in [0.05, 0.1) is 12.4 Å². The van der Waals surface area contributed by atoms with Gasteiger partial charge in [0, 0.05) is 0 Å². The number of piperidine rings is 1. The van der Waals surface area contributed by atoms with Gasteiger partial charge in [-0.05, 0) is 37.3 Å². The molecule has 0 saturated carbocycles. The molecule has 16 heavy (non-hydrogen) atoms. The van der Waals surface area contributed by atoms with Crippen LogP contribution in [0.2, 0.25) is 0 Å². The van der Waals surface area contributed by atoms with E-state index < -0.39 is 10.1 Å². The van der Waals surface area contributed by atoms with E-state index in [1.165, 1.54) is 0 Å². The van der Waals surface area contributed by atoms with Crippen LogP contribution in [0, 0.1) is 11.3 Å². The molecule has 1 N–H and O–H groups in total. The predicted octanol–water partition coefficient (Wildman–Crippen LogP) is 1.38. The van der Waals surface area contributed by atoms with Gasteiger partial charge >= 0.3 is 0 Å². The van der Waals surface area contributed by atoms with Crippen LogP contribution in [0.15, 0.2) is 0 Å². The van der Waals surface area contributed by atoms with Crippen molar-refractivity contribution in [1.29, 1.82) is 0 Å². The average Bonchev–Trinajstić information content (AvgIpc) is 2.15. The van der Waals surface area contributed by atoms with Gasteiger partial charge in [-0.1, -0.05) is 20.8 Å². The molecule has 1 saturated heterocycles. The summed E-state index contributed by atoms with van der Waals surface area (Å²) >= 11 is 0. The van der Waals surface area contributed by atoms with E-state index in [9.17, 15) is 8.42 Å². The molecule has 0 aromatic heterocycles. The Morgan fingerprint density at radius 3 is 2.56 bits per heavy atom. The first kappa shape index (κ1) is 13.9. The number of rotatable bonds is 4. The van der Waals surface area contributed by atoms with Crippen LogP contribution >= 0.6 is 0 Å². The van der Waals surface area contributed by atoms with Gasteiger partial charge in [-0.2, -0.15) is 8.42 Å². The van der Waals surface area contributed by atoms with Gasteiger partial charge in [-0.15, -0.1) is 0 Å². The van der Waals surface area contributed by atoms with E-state index in [4.69, 9.17) is 4.18 Å². The third-order valence-electron chi connectivity index (χ3n) is 2.51. The Balaban J connectivity index is 2.38. The van der Waals surface area contributed by atoms with Crippen LogP contribution in [0.4, 0.5) is 0 Å². The highest BCUT2D eigenvalue weighted by Gasteiger charge is 2.23. The average molecular weight is 249 g/mol. The van der Waals surface area contributed by atoms with E-state index in [1.807, 2.05) is 20.8 Å². The van der Waals surface area contributed by atoms with Gasteiger partial charge in [-0.25, -0.2) is 0 Å². The van der Waals surface area contributed by atoms with E-state index >= 15 is 0 Å². The topological polar surface area (TPSA) is 55.4 Å². The minimum absolute atomic E-state index is 0.113. The zero-order chi connectivity index (χ0) is 12.2. The van der Waals surface area contributed by atoms with Crippen LogP contribution in [-0.2, 0) is 14.3 Å². The molecule has 1 atom stereocenters. The molecule has 96 valence electrons. The highest BCUT2D eigenvalue weighted by atomic mass is 32.2. The van der Waals surface area contributed by atoms with E-state index in [2.05, 4.69) is 5.32 Å². The number of hydrogen-bond donors (Lipinski definition) is 1. The maximum absolute atomic E-state index is 11.7. The van der Waals surface area contributed by atoms with Crippen LogP contribution < -0.4 is 5.32 Å².